The van der Waals surface area contributed by atoms with Crippen molar-refractivity contribution in [3.63, 3.8) is 0 Å². The van der Waals surface area contributed by atoms with E-state index in [0.29, 0.717) is 0 Å². The molecule has 0 bridgehead atoms. The molecule has 3 atom stereocenters. The van der Waals surface area contributed by atoms with Crippen LogP contribution in [0.3, 0.4) is 0 Å². The normalized spacial score (nSPS) is 16.6. The van der Waals surface area contributed by atoms with Crippen LogP contribution in [0.15, 0.2) is 0 Å². The first-order valence-electron chi connectivity index (χ1n) is 9.36. The van der Waals surface area contributed by atoms with Crippen LogP contribution in [0.25, 0.3) is 0 Å². The summed E-state index contributed by atoms with van der Waals surface area (Å²) in [6, 6.07) is 0. The lowest BCUT2D eigenvalue weighted by Crippen LogP contribution is -2.14. The monoisotopic (exact) mass is 282 g/mol. The minimum absolute atomic E-state index is 0.865. The zero-order chi connectivity index (χ0) is 15.5. The molecule has 0 aromatic carbocycles. The molecule has 0 amide bonds. The topological polar surface area (TPSA) is 0 Å². The predicted molar refractivity (Wildman–Crippen MR) is 94.1 cm³/mol. The molecule has 0 radical (unpaired) electrons. The van der Waals surface area contributed by atoms with Crippen LogP contribution in [0.4, 0.5) is 0 Å². The smallest absolute Gasteiger partial charge is 0.0388 e. The van der Waals surface area contributed by atoms with Crippen LogP contribution in [0.5, 0.6) is 0 Å². The predicted octanol–water partition coefficient (Wildman–Crippen LogP) is 7.33. The first kappa shape index (κ1) is 20.0. The van der Waals surface area contributed by atoms with Gasteiger partial charge in [-0.25, -0.2) is 0 Å². The summed E-state index contributed by atoms with van der Waals surface area (Å²) in [5.74, 6) is 4.55. The summed E-state index contributed by atoms with van der Waals surface area (Å²) in [6.45, 7) is 16.7. The van der Waals surface area contributed by atoms with Gasteiger partial charge in [0, 0.05) is 0 Å². The van der Waals surface area contributed by atoms with Crippen molar-refractivity contribution in [3.05, 3.63) is 0 Å². The molecule has 0 aliphatic rings. The van der Waals surface area contributed by atoms with Crippen molar-refractivity contribution in [3.8, 4) is 0 Å². The maximum atomic E-state index is 2.52. The van der Waals surface area contributed by atoms with Gasteiger partial charge in [0.2, 0.25) is 0 Å². The lowest BCUT2D eigenvalue weighted by Gasteiger charge is -2.26. The summed E-state index contributed by atoms with van der Waals surface area (Å²) < 4.78 is 0. The summed E-state index contributed by atoms with van der Waals surface area (Å²) in [6.07, 6.45) is 11.4. The molecular weight excluding hydrogens is 240 g/mol. The van der Waals surface area contributed by atoms with Gasteiger partial charge in [-0.05, 0) is 42.4 Å². The van der Waals surface area contributed by atoms with Gasteiger partial charge in [0.05, 0.1) is 0 Å². The highest BCUT2D eigenvalue weighted by molar-refractivity contribution is 4.70. The molecule has 0 aliphatic heterocycles. The zero-order valence-electron chi connectivity index (χ0n) is 15.5. The van der Waals surface area contributed by atoms with Gasteiger partial charge in [0.25, 0.3) is 0 Å². The molecule has 0 nitrogen and oxygen atoms in total. The fraction of sp³-hybridized carbons (Fsp3) is 1.00. The molecule has 0 N–H and O–H groups in total. The fourth-order valence-electron chi connectivity index (χ4n) is 3.05. The average Bonchev–Trinajstić information content (AvgIpc) is 2.37. The summed E-state index contributed by atoms with van der Waals surface area (Å²) >= 11 is 0. The molecule has 0 saturated carbocycles. The van der Waals surface area contributed by atoms with Crippen LogP contribution in [0.1, 0.15) is 99.8 Å². The van der Waals surface area contributed by atoms with Crippen molar-refractivity contribution in [2.75, 3.05) is 0 Å². The van der Waals surface area contributed by atoms with E-state index in [4.69, 9.17) is 0 Å². The lowest BCUT2D eigenvalue weighted by molar-refractivity contribution is 0.254. The van der Waals surface area contributed by atoms with E-state index in [-0.39, 0.29) is 0 Å². The largest absolute Gasteiger partial charge is 0.0651 e. The Hall–Kier alpha value is 0. The summed E-state index contributed by atoms with van der Waals surface area (Å²) in [5, 5.41) is 0. The van der Waals surface area contributed by atoms with Crippen LogP contribution in [-0.4, -0.2) is 0 Å². The van der Waals surface area contributed by atoms with Crippen molar-refractivity contribution in [1.82, 2.24) is 0 Å². The molecule has 0 spiro atoms. The Morgan fingerprint density at radius 2 is 1.15 bits per heavy atom. The Morgan fingerprint density at radius 3 is 1.65 bits per heavy atom. The SMILES string of the molecule is CC[C@H](C)CC[C@H](CCC(C)C)[C@H](C)CCCC(C)C. The first-order chi connectivity index (χ1) is 9.36. The average molecular weight is 283 g/mol. The van der Waals surface area contributed by atoms with Gasteiger partial charge in [-0.15, -0.1) is 0 Å². The highest BCUT2D eigenvalue weighted by Crippen LogP contribution is 2.30. The second-order valence-corrected chi connectivity index (χ2v) is 8.12. The molecule has 0 aromatic heterocycles. The maximum Gasteiger partial charge on any atom is -0.0388 e. The molecular formula is C20H42. The van der Waals surface area contributed by atoms with E-state index in [1.165, 1.54) is 51.4 Å². The van der Waals surface area contributed by atoms with Crippen molar-refractivity contribution in [2.45, 2.75) is 99.8 Å². The van der Waals surface area contributed by atoms with E-state index in [2.05, 4.69) is 48.5 Å². The van der Waals surface area contributed by atoms with Crippen molar-refractivity contribution in [2.24, 2.45) is 29.6 Å². The summed E-state index contributed by atoms with van der Waals surface area (Å²) in [5.41, 5.74) is 0. The Kier molecular flexibility index (Phi) is 11.6. The maximum absolute atomic E-state index is 2.52. The second kappa shape index (κ2) is 11.6. The van der Waals surface area contributed by atoms with Gasteiger partial charge in [0.15, 0.2) is 0 Å². The fourth-order valence-corrected chi connectivity index (χ4v) is 3.05. The molecule has 0 unspecified atom stereocenters. The van der Waals surface area contributed by atoms with Crippen LogP contribution in [-0.2, 0) is 0 Å². The van der Waals surface area contributed by atoms with E-state index in [1.54, 1.807) is 0 Å². The Labute approximate surface area is 130 Å². The van der Waals surface area contributed by atoms with Crippen molar-refractivity contribution >= 4 is 0 Å². The number of hydrogen-bond donors (Lipinski definition) is 0. The van der Waals surface area contributed by atoms with E-state index < -0.39 is 0 Å². The van der Waals surface area contributed by atoms with E-state index in [1.807, 2.05) is 0 Å². The molecule has 0 heterocycles. The lowest BCUT2D eigenvalue weighted by atomic mass is 9.80. The number of hydrogen-bond acceptors (Lipinski definition) is 0. The summed E-state index contributed by atoms with van der Waals surface area (Å²) in [4.78, 5) is 0. The van der Waals surface area contributed by atoms with Gasteiger partial charge < -0.3 is 0 Å². The van der Waals surface area contributed by atoms with E-state index >= 15 is 0 Å². The van der Waals surface area contributed by atoms with E-state index in [9.17, 15) is 0 Å². The van der Waals surface area contributed by atoms with Gasteiger partial charge >= 0.3 is 0 Å². The van der Waals surface area contributed by atoms with E-state index in [0.717, 1.165) is 29.6 Å². The molecule has 0 heteroatoms. The highest BCUT2D eigenvalue weighted by Gasteiger charge is 2.18. The van der Waals surface area contributed by atoms with Gasteiger partial charge in [-0.2, -0.15) is 0 Å². The second-order valence-electron chi connectivity index (χ2n) is 8.12. The molecule has 20 heavy (non-hydrogen) atoms. The molecule has 0 aliphatic carbocycles. The van der Waals surface area contributed by atoms with Crippen LogP contribution < -0.4 is 0 Å². The van der Waals surface area contributed by atoms with Crippen molar-refractivity contribution in [1.29, 1.82) is 0 Å². The highest BCUT2D eigenvalue weighted by atomic mass is 14.2. The minimum atomic E-state index is 0.865. The molecule has 0 saturated heterocycles. The Bertz CT molecular complexity index is 204. The third-order valence-corrected chi connectivity index (χ3v) is 5.09. The molecule has 0 rings (SSSR count). The molecule has 0 fully saturated rings. The first-order valence-corrected chi connectivity index (χ1v) is 9.36. The molecule has 122 valence electrons. The van der Waals surface area contributed by atoms with Gasteiger partial charge in [-0.1, -0.05) is 87.0 Å². The summed E-state index contributed by atoms with van der Waals surface area (Å²) in [7, 11) is 0. The third-order valence-electron chi connectivity index (χ3n) is 5.09. The third kappa shape index (κ3) is 10.7. The van der Waals surface area contributed by atoms with Crippen LogP contribution in [0.2, 0.25) is 0 Å². The Morgan fingerprint density at radius 1 is 0.600 bits per heavy atom. The standard InChI is InChI=1S/C20H42/c1-8-18(6)13-15-20(14-12-17(4)5)19(7)11-9-10-16(2)3/h16-20H,8-15H2,1-7H3/t18-,19+,20-/m0/s1. The Balaban J connectivity index is 4.18. The molecule has 0 aromatic rings. The van der Waals surface area contributed by atoms with Crippen LogP contribution in [0, 0.1) is 29.6 Å². The minimum Gasteiger partial charge on any atom is -0.0651 e. The zero-order valence-corrected chi connectivity index (χ0v) is 15.5. The van der Waals surface area contributed by atoms with Crippen LogP contribution >= 0.6 is 0 Å². The van der Waals surface area contributed by atoms with Gasteiger partial charge in [0.1, 0.15) is 0 Å². The quantitative estimate of drug-likeness (QED) is 0.351. The van der Waals surface area contributed by atoms with Gasteiger partial charge in [-0.3, -0.25) is 0 Å². The number of rotatable bonds is 12. The van der Waals surface area contributed by atoms with Crippen molar-refractivity contribution < 1.29 is 0 Å².